The molecule has 0 unspecified atom stereocenters. The van der Waals surface area contributed by atoms with Gasteiger partial charge in [0.2, 0.25) is 5.91 Å². The maximum atomic E-state index is 11.7. The summed E-state index contributed by atoms with van der Waals surface area (Å²) >= 11 is 1.61. The molecule has 1 aromatic heterocycles. The second-order valence-electron chi connectivity index (χ2n) is 6.80. The number of hydrogen-bond donors (Lipinski definition) is 1. The second-order valence-corrected chi connectivity index (χ2v) is 7.78. The summed E-state index contributed by atoms with van der Waals surface area (Å²) in [5.41, 5.74) is 2.60. The molecule has 0 aliphatic heterocycles. The Kier molecular flexibility index (Phi) is 14.3. The fraction of sp³-hybridized carbons (Fsp3) is 0.714. The van der Waals surface area contributed by atoms with Crippen molar-refractivity contribution in [3.05, 3.63) is 22.4 Å². The van der Waals surface area contributed by atoms with Crippen LogP contribution in [0.5, 0.6) is 0 Å². The van der Waals surface area contributed by atoms with Gasteiger partial charge in [-0.15, -0.1) is 11.3 Å². The topological polar surface area (TPSA) is 41.5 Å². The number of hydrazone groups is 1. The van der Waals surface area contributed by atoms with Crippen LogP contribution in [0.1, 0.15) is 102 Å². The molecule has 0 radical (unpaired) electrons. The highest BCUT2D eigenvalue weighted by molar-refractivity contribution is 7.11. The lowest BCUT2D eigenvalue weighted by atomic mass is 10.0. The van der Waals surface area contributed by atoms with Crippen molar-refractivity contribution < 1.29 is 4.79 Å². The molecule has 0 spiro atoms. The third kappa shape index (κ3) is 13.8. The molecule has 0 fully saturated rings. The van der Waals surface area contributed by atoms with Crippen LogP contribution in [0.4, 0.5) is 0 Å². The summed E-state index contributed by atoms with van der Waals surface area (Å²) in [6.45, 7) is 2.27. The molecule has 0 aromatic carbocycles. The largest absolute Gasteiger partial charge is 0.273 e. The Morgan fingerprint density at radius 2 is 1.52 bits per heavy atom. The van der Waals surface area contributed by atoms with Gasteiger partial charge in [-0.25, -0.2) is 5.43 Å². The first-order chi connectivity index (χ1) is 12.3. The van der Waals surface area contributed by atoms with E-state index in [1.54, 1.807) is 17.6 Å². The average molecular weight is 365 g/mol. The Morgan fingerprint density at radius 1 is 0.960 bits per heavy atom. The molecule has 1 rings (SSSR count). The molecule has 0 aliphatic carbocycles. The van der Waals surface area contributed by atoms with Crippen molar-refractivity contribution in [3.63, 3.8) is 0 Å². The highest BCUT2D eigenvalue weighted by atomic mass is 32.1. The number of nitrogens with zero attached hydrogens (tertiary/aromatic N) is 1. The van der Waals surface area contributed by atoms with Gasteiger partial charge in [-0.3, -0.25) is 4.79 Å². The van der Waals surface area contributed by atoms with E-state index in [1.807, 2.05) is 17.5 Å². The van der Waals surface area contributed by atoms with Crippen molar-refractivity contribution in [2.45, 2.75) is 96.8 Å². The van der Waals surface area contributed by atoms with Crippen molar-refractivity contribution in [3.8, 4) is 0 Å². The molecule has 0 bridgehead atoms. The zero-order valence-electron chi connectivity index (χ0n) is 16.0. The lowest BCUT2D eigenvalue weighted by Gasteiger charge is -2.03. The van der Waals surface area contributed by atoms with E-state index in [1.165, 1.54) is 70.6 Å². The van der Waals surface area contributed by atoms with E-state index >= 15 is 0 Å². The smallest absolute Gasteiger partial charge is 0.240 e. The van der Waals surface area contributed by atoms with Crippen LogP contribution in [0.25, 0.3) is 0 Å². The molecule has 0 saturated carbocycles. The Bertz CT molecular complexity index is 443. The van der Waals surface area contributed by atoms with Crippen LogP contribution in [-0.4, -0.2) is 12.1 Å². The number of amides is 1. The van der Waals surface area contributed by atoms with Crippen LogP contribution in [0.2, 0.25) is 0 Å². The van der Waals surface area contributed by atoms with E-state index in [0.29, 0.717) is 6.42 Å². The standard InChI is InChI=1S/C21H36N2OS/c1-2-3-4-5-6-7-8-9-10-11-12-13-14-17-21(24)23-22-19-20-16-15-18-25-20/h15-16,18-19H,2-14,17H2,1H3,(H,23,24)/b22-19-. The second kappa shape index (κ2) is 16.3. The first-order valence-corrected chi connectivity index (χ1v) is 11.1. The van der Waals surface area contributed by atoms with Gasteiger partial charge in [-0.1, -0.05) is 90.0 Å². The molecular formula is C21H36N2OS. The van der Waals surface area contributed by atoms with Crippen LogP contribution in [0.15, 0.2) is 22.6 Å². The minimum Gasteiger partial charge on any atom is -0.273 e. The van der Waals surface area contributed by atoms with Gasteiger partial charge in [0.15, 0.2) is 0 Å². The number of carbonyl (C=O) groups is 1. The van der Waals surface area contributed by atoms with Crippen LogP contribution in [-0.2, 0) is 4.79 Å². The van der Waals surface area contributed by atoms with E-state index in [-0.39, 0.29) is 5.91 Å². The molecule has 1 amide bonds. The first kappa shape index (κ1) is 21.9. The van der Waals surface area contributed by atoms with Gasteiger partial charge >= 0.3 is 0 Å². The molecule has 1 heterocycles. The van der Waals surface area contributed by atoms with E-state index in [2.05, 4.69) is 17.5 Å². The van der Waals surface area contributed by atoms with Crippen LogP contribution >= 0.6 is 11.3 Å². The minimum atomic E-state index is 0.0240. The zero-order chi connectivity index (χ0) is 18.0. The van der Waals surface area contributed by atoms with Crippen LogP contribution in [0, 0.1) is 0 Å². The molecule has 3 nitrogen and oxygen atoms in total. The van der Waals surface area contributed by atoms with E-state index < -0.39 is 0 Å². The third-order valence-electron chi connectivity index (χ3n) is 4.43. The average Bonchev–Trinajstić information content (AvgIpc) is 3.12. The molecular weight excluding hydrogens is 328 g/mol. The molecule has 1 aromatic rings. The monoisotopic (exact) mass is 364 g/mol. The van der Waals surface area contributed by atoms with Crippen molar-refractivity contribution in [1.82, 2.24) is 5.43 Å². The van der Waals surface area contributed by atoms with Gasteiger partial charge in [0.25, 0.3) is 0 Å². The molecule has 1 N–H and O–H groups in total. The summed E-state index contributed by atoms with van der Waals surface area (Å²) in [6.07, 6.45) is 19.5. The molecule has 4 heteroatoms. The number of thiophene rings is 1. The van der Waals surface area contributed by atoms with Gasteiger partial charge in [-0.05, 0) is 17.9 Å². The molecule has 0 atom stereocenters. The Labute approximate surface area is 158 Å². The number of nitrogens with one attached hydrogen (secondary N) is 1. The molecule has 0 aliphatic rings. The number of carbonyl (C=O) groups excluding carboxylic acids is 1. The zero-order valence-corrected chi connectivity index (χ0v) is 16.8. The van der Waals surface area contributed by atoms with Crippen molar-refractivity contribution in [1.29, 1.82) is 0 Å². The first-order valence-electron chi connectivity index (χ1n) is 10.2. The Morgan fingerprint density at radius 3 is 2.04 bits per heavy atom. The minimum absolute atomic E-state index is 0.0240. The highest BCUT2D eigenvalue weighted by Gasteiger charge is 1.99. The summed E-state index contributed by atoms with van der Waals surface area (Å²) < 4.78 is 0. The van der Waals surface area contributed by atoms with E-state index in [4.69, 9.17) is 0 Å². The van der Waals surface area contributed by atoms with E-state index in [0.717, 1.165) is 17.7 Å². The Balaban J connectivity index is 1.80. The predicted octanol–water partition coefficient (Wildman–Crippen LogP) is 6.68. The fourth-order valence-electron chi connectivity index (χ4n) is 2.89. The summed E-state index contributed by atoms with van der Waals surface area (Å²) in [5, 5.41) is 5.98. The van der Waals surface area contributed by atoms with Gasteiger partial charge in [-0.2, -0.15) is 5.10 Å². The quantitative estimate of drug-likeness (QED) is 0.198. The summed E-state index contributed by atoms with van der Waals surface area (Å²) in [4.78, 5) is 12.7. The number of hydrogen-bond acceptors (Lipinski definition) is 3. The van der Waals surface area contributed by atoms with Crippen LogP contribution in [0.3, 0.4) is 0 Å². The molecule has 142 valence electrons. The van der Waals surface area contributed by atoms with Gasteiger partial charge in [0, 0.05) is 11.3 Å². The summed E-state index contributed by atoms with van der Waals surface area (Å²) in [7, 11) is 0. The van der Waals surface area contributed by atoms with Gasteiger partial charge < -0.3 is 0 Å². The fourth-order valence-corrected chi connectivity index (χ4v) is 3.48. The lowest BCUT2D eigenvalue weighted by Crippen LogP contribution is -2.16. The van der Waals surface area contributed by atoms with Crippen molar-refractivity contribution in [2.75, 3.05) is 0 Å². The van der Waals surface area contributed by atoms with Gasteiger partial charge in [0.1, 0.15) is 0 Å². The van der Waals surface area contributed by atoms with Crippen LogP contribution < -0.4 is 5.43 Å². The maximum Gasteiger partial charge on any atom is 0.240 e. The Hall–Kier alpha value is -1.16. The number of rotatable bonds is 16. The van der Waals surface area contributed by atoms with Crippen molar-refractivity contribution >= 4 is 23.5 Å². The third-order valence-corrected chi connectivity index (χ3v) is 5.24. The highest BCUT2D eigenvalue weighted by Crippen LogP contribution is 2.12. The van der Waals surface area contributed by atoms with Gasteiger partial charge in [0.05, 0.1) is 6.21 Å². The summed E-state index contributed by atoms with van der Waals surface area (Å²) in [5.74, 6) is 0.0240. The lowest BCUT2D eigenvalue weighted by molar-refractivity contribution is -0.121. The van der Waals surface area contributed by atoms with Crippen molar-refractivity contribution in [2.24, 2.45) is 5.10 Å². The maximum absolute atomic E-state index is 11.7. The normalized spacial score (nSPS) is 11.2. The predicted molar refractivity (Wildman–Crippen MR) is 110 cm³/mol. The number of unbranched alkanes of at least 4 members (excludes halogenated alkanes) is 12. The molecule has 0 saturated heterocycles. The summed E-state index contributed by atoms with van der Waals surface area (Å²) in [6, 6.07) is 3.95. The van der Waals surface area contributed by atoms with E-state index in [9.17, 15) is 4.79 Å². The molecule has 25 heavy (non-hydrogen) atoms. The SMILES string of the molecule is CCCCCCCCCCCCCCCC(=O)N/N=C\c1cccs1.